The summed E-state index contributed by atoms with van der Waals surface area (Å²) in [5.41, 5.74) is -0.524. The third kappa shape index (κ3) is 3.12. The van der Waals surface area contributed by atoms with Crippen molar-refractivity contribution in [2.24, 2.45) is 0 Å². The molecule has 0 N–H and O–H groups in total. The number of halogens is 3. The zero-order chi connectivity index (χ0) is 16.4. The summed E-state index contributed by atoms with van der Waals surface area (Å²) in [6.45, 7) is -0.0657. The molecular formula is C14H10F3N5O. The van der Waals surface area contributed by atoms with E-state index in [4.69, 9.17) is 0 Å². The molecule has 2 aromatic heterocycles. The summed E-state index contributed by atoms with van der Waals surface area (Å²) in [6, 6.07) is 10.8. The Morgan fingerprint density at radius 1 is 1.00 bits per heavy atom. The van der Waals surface area contributed by atoms with Crippen LogP contribution in [-0.4, -0.2) is 24.8 Å². The first-order chi connectivity index (χ1) is 10.9. The minimum absolute atomic E-state index is 0.0657. The number of pyridine rings is 1. The lowest BCUT2D eigenvalue weighted by Gasteiger charge is -2.06. The summed E-state index contributed by atoms with van der Waals surface area (Å²) in [5, 5.41) is 7.46. The van der Waals surface area contributed by atoms with Crippen molar-refractivity contribution >= 4 is 0 Å². The van der Waals surface area contributed by atoms with E-state index in [0.717, 1.165) is 21.6 Å². The van der Waals surface area contributed by atoms with E-state index in [9.17, 15) is 18.0 Å². The maximum absolute atomic E-state index is 12.5. The molecule has 0 aliphatic heterocycles. The maximum Gasteiger partial charge on any atom is 0.417 e. The molecular weight excluding hydrogens is 311 g/mol. The summed E-state index contributed by atoms with van der Waals surface area (Å²) in [6.07, 6.45) is -3.72. The van der Waals surface area contributed by atoms with E-state index in [-0.39, 0.29) is 12.2 Å². The molecule has 0 bridgehead atoms. The van der Waals surface area contributed by atoms with E-state index in [0.29, 0.717) is 5.69 Å². The van der Waals surface area contributed by atoms with Gasteiger partial charge in [0.2, 0.25) is 0 Å². The Kier molecular flexibility index (Phi) is 3.68. The maximum atomic E-state index is 12.5. The van der Waals surface area contributed by atoms with Gasteiger partial charge in [0, 0.05) is 6.20 Å². The summed E-state index contributed by atoms with van der Waals surface area (Å²) in [5.74, 6) is 0. The van der Waals surface area contributed by atoms with Crippen LogP contribution >= 0.6 is 0 Å². The van der Waals surface area contributed by atoms with Crippen LogP contribution in [0.25, 0.3) is 5.69 Å². The first-order valence-electron chi connectivity index (χ1n) is 6.55. The van der Waals surface area contributed by atoms with Gasteiger partial charge < -0.3 is 0 Å². The van der Waals surface area contributed by atoms with Gasteiger partial charge in [0.05, 0.1) is 23.5 Å². The lowest BCUT2D eigenvalue weighted by molar-refractivity contribution is -0.137. The fourth-order valence-corrected chi connectivity index (χ4v) is 1.94. The minimum atomic E-state index is -4.45. The average molecular weight is 321 g/mol. The Balaban J connectivity index is 1.85. The fourth-order valence-electron chi connectivity index (χ4n) is 1.94. The highest BCUT2D eigenvalue weighted by molar-refractivity contribution is 5.28. The number of rotatable bonds is 3. The van der Waals surface area contributed by atoms with E-state index >= 15 is 0 Å². The summed E-state index contributed by atoms with van der Waals surface area (Å²) in [7, 11) is 0. The van der Waals surface area contributed by atoms with E-state index < -0.39 is 17.4 Å². The van der Waals surface area contributed by atoms with Crippen LogP contribution in [0.15, 0.2) is 53.5 Å². The Morgan fingerprint density at radius 2 is 1.74 bits per heavy atom. The Bertz CT molecular complexity index is 853. The standard InChI is InChI=1S/C14H10F3N5O/c15-14(16,17)10-6-7-11(18-8-10)9-21-13(23)22(20-19-21)12-4-2-1-3-5-12/h1-8H,9H2. The smallest absolute Gasteiger partial charge is 0.259 e. The molecule has 1 aromatic carbocycles. The molecule has 0 fully saturated rings. The van der Waals surface area contributed by atoms with Crippen LogP contribution in [0.4, 0.5) is 13.2 Å². The first-order valence-corrected chi connectivity index (χ1v) is 6.55. The van der Waals surface area contributed by atoms with E-state index in [2.05, 4.69) is 15.4 Å². The predicted octanol–water partition coefficient (Wildman–Crippen LogP) is 1.89. The van der Waals surface area contributed by atoms with Gasteiger partial charge >= 0.3 is 11.9 Å². The number of hydrogen-bond donors (Lipinski definition) is 0. The van der Waals surface area contributed by atoms with Crippen LogP contribution in [0.3, 0.4) is 0 Å². The second kappa shape index (κ2) is 5.67. The zero-order valence-electron chi connectivity index (χ0n) is 11.6. The molecule has 118 valence electrons. The van der Waals surface area contributed by atoms with Crippen LogP contribution < -0.4 is 5.69 Å². The largest absolute Gasteiger partial charge is 0.417 e. The topological polar surface area (TPSA) is 65.6 Å². The lowest BCUT2D eigenvalue weighted by Crippen LogP contribution is -2.25. The van der Waals surface area contributed by atoms with Gasteiger partial charge in [0.1, 0.15) is 0 Å². The molecule has 0 radical (unpaired) electrons. The number of alkyl halides is 3. The summed E-state index contributed by atoms with van der Waals surface area (Å²) >= 11 is 0. The van der Waals surface area contributed by atoms with E-state index in [1.165, 1.54) is 6.07 Å². The molecule has 9 heteroatoms. The van der Waals surface area contributed by atoms with Gasteiger partial charge in [-0.3, -0.25) is 4.98 Å². The van der Waals surface area contributed by atoms with Gasteiger partial charge in [-0.05, 0) is 34.7 Å². The SMILES string of the molecule is O=c1n(Cc2ccc(C(F)(F)F)cn2)nnn1-c1ccccc1. The van der Waals surface area contributed by atoms with Crippen LogP contribution in [0, 0.1) is 0 Å². The molecule has 0 spiro atoms. The highest BCUT2D eigenvalue weighted by atomic mass is 19.4. The van der Waals surface area contributed by atoms with Gasteiger partial charge in [-0.1, -0.05) is 18.2 Å². The number of nitrogens with zero attached hydrogens (tertiary/aromatic N) is 5. The van der Waals surface area contributed by atoms with Gasteiger partial charge in [-0.15, -0.1) is 0 Å². The third-order valence-corrected chi connectivity index (χ3v) is 3.10. The molecule has 0 atom stereocenters. The molecule has 23 heavy (non-hydrogen) atoms. The summed E-state index contributed by atoms with van der Waals surface area (Å²) < 4.78 is 39.6. The molecule has 2 heterocycles. The number of tetrazole rings is 1. The van der Waals surface area contributed by atoms with Gasteiger partial charge in [-0.25, -0.2) is 4.79 Å². The van der Waals surface area contributed by atoms with Crippen molar-refractivity contribution in [1.82, 2.24) is 24.8 Å². The van der Waals surface area contributed by atoms with Crippen molar-refractivity contribution in [1.29, 1.82) is 0 Å². The van der Waals surface area contributed by atoms with Gasteiger partial charge in [0.25, 0.3) is 0 Å². The van der Waals surface area contributed by atoms with Crippen LogP contribution in [0.2, 0.25) is 0 Å². The lowest BCUT2D eigenvalue weighted by atomic mass is 10.2. The number of para-hydroxylation sites is 1. The quantitative estimate of drug-likeness (QED) is 0.739. The Labute approximate surface area is 127 Å². The van der Waals surface area contributed by atoms with Crippen LogP contribution in [-0.2, 0) is 12.7 Å². The van der Waals surface area contributed by atoms with Crippen LogP contribution in [0.1, 0.15) is 11.3 Å². The highest BCUT2D eigenvalue weighted by Gasteiger charge is 2.30. The minimum Gasteiger partial charge on any atom is -0.259 e. The van der Waals surface area contributed by atoms with E-state index in [1.54, 1.807) is 30.3 Å². The van der Waals surface area contributed by atoms with Crippen molar-refractivity contribution in [3.05, 3.63) is 70.4 Å². The first kappa shape index (κ1) is 14.9. The Morgan fingerprint density at radius 3 is 2.35 bits per heavy atom. The highest BCUT2D eigenvalue weighted by Crippen LogP contribution is 2.28. The molecule has 0 unspecified atom stereocenters. The zero-order valence-corrected chi connectivity index (χ0v) is 11.6. The molecule has 6 nitrogen and oxygen atoms in total. The predicted molar refractivity (Wildman–Crippen MR) is 74.0 cm³/mol. The number of benzene rings is 1. The van der Waals surface area contributed by atoms with Crippen LogP contribution in [0.5, 0.6) is 0 Å². The molecule has 0 amide bonds. The molecule has 0 saturated heterocycles. The average Bonchev–Trinajstić information content (AvgIpc) is 2.89. The third-order valence-electron chi connectivity index (χ3n) is 3.10. The normalized spacial score (nSPS) is 11.6. The van der Waals surface area contributed by atoms with Crippen molar-refractivity contribution in [3.8, 4) is 5.69 Å². The van der Waals surface area contributed by atoms with Crippen molar-refractivity contribution in [3.63, 3.8) is 0 Å². The molecule has 3 aromatic rings. The number of hydrogen-bond acceptors (Lipinski definition) is 4. The summed E-state index contributed by atoms with van der Waals surface area (Å²) in [4.78, 5) is 15.9. The second-order valence-corrected chi connectivity index (χ2v) is 4.70. The van der Waals surface area contributed by atoms with Gasteiger partial charge in [-0.2, -0.15) is 22.5 Å². The van der Waals surface area contributed by atoms with Crippen molar-refractivity contribution < 1.29 is 13.2 Å². The van der Waals surface area contributed by atoms with Crippen molar-refractivity contribution in [2.75, 3.05) is 0 Å². The van der Waals surface area contributed by atoms with E-state index in [1.807, 2.05) is 0 Å². The monoisotopic (exact) mass is 321 g/mol. The number of aromatic nitrogens is 5. The molecule has 0 aliphatic carbocycles. The van der Waals surface area contributed by atoms with Gasteiger partial charge in [0.15, 0.2) is 0 Å². The Hall–Kier alpha value is -2.97. The molecule has 0 aliphatic rings. The molecule has 3 rings (SSSR count). The second-order valence-electron chi connectivity index (χ2n) is 4.70. The molecule has 0 saturated carbocycles. The van der Waals surface area contributed by atoms with Crippen molar-refractivity contribution in [2.45, 2.75) is 12.7 Å². The fraction of sp³-hybridized carbons (Fsp3) is 0.143.